The van der Waals surface area contributed by atoms with E-state index < -0.39 is 9.84 Å². The van der Waals surface area contributed by atoms with Crippen LogP contribution in [0.3, 0.4) is 0 Å². The Morgan fingerprint density at radius 1 is 1.07 bits per heavy atom. The highest BCUT2D eigenvalue weighted by Crippen LogP contribution is 2.23. The fraction of sp³-hybridized carbons (Fsp3) is 0.143. The highest BCUT2D eigenvalue weighted by molar-refractivity contribution is 7.91. The van der Waals surface area contributed by atoms with Crippen LogP contribution in [-0.2, 0) is 16.3 Å². The van der Waals surface area contributed by atoms with Gasteiger partial charge in [-0.15, -0.1) is 0 Å². The number of aromatic nitrogens is 4. The van der Waals surface area contributed by atoms with Gasteiger partial charge in [0, 0.05) is 43.5 Å². The molecule has 0 aliphatic rings. The normalized spacial score (nSPS) is 11.5. The highest BCUT2D eigenvalue weighted by Gasteiger charge is 2.19. The zero-order valence-electron chi connectivity index (χ0n) is 16.1. The molecule has 3 aromatic heterocycles. The highest BCUT2D eigenvalue weighted by atomic mass is 32.2. The molecule has 0 unspecified atom stereocenters. The Morgan fingerprint density at radius 2 is 1.87 bits per heavy atom. The molecule has 152 valence electrons. The Kier molecular flexibility index (Phi) is 5.28. The van der Waals surface area contributed by atoms with Gasteiger partial charge in [0.1, 0.15) is 5.75 Å². The van der Waals surface area contributed by atoms with E-state index in [-0.39, 0.29) is 22.0 Å². The third-order valence-corrected chi connectivity index (χ3v) is 6.41. The van der Waals surface area contributed by atoms with Crippen LogP contribution in [0.1, 0.15) is 22.3 Å². The molecule has 0 fully saturated rings. The van der Waals surface area contributed by atoms with Gasteiger partial charge < -0.3 is 4.74 Å². The van der Waals surface area contributed by atoms with Crippen LogP contribution in [0.25, 0.3) is 5.78 Å². The number of nitrogens with zero attached hydrogens (tertiary/aromatic N) is 4. The number of fused-ring (bicyclic) bond motifs is 1. The molecule has 1 aromatic carbocycles. The van der Waals surface area contributed by atoms with Gasteiger partial charge in [0.2, 0.25) is 15.6 Å². The van der Waals surface area contributed by atoms with E-state index in [0.29, 0.717) is 23.5 Å². The monoisotopic (exact) mass is 422 g/mol. The summed E-state index contributed by atoms with van der Waals surface area (Å²) in [5.41, 5.74) is 1.37. The summed E-state index contributed by atoms with van der Waals surface area (Å²) in [5, 5.41) is 0. The van der Waals surface area contributed by atoms with Crippen LogP contribution in [0, 0.1) is 0 Å². The van der Waals surface area contributed by atoms with Crippen LogP contribution < -0.4 is 4.74 Å². The number of ether oxygens (including phenoxy) is 1. The van der Waals surface area contributed by atoms with Crippen molar-refractivity contribution >= 4 is 21.4 Å². The Bertz CT molecular complexity index is 1310. The quantitative estimate of drug-likeness (QED) is 0.422. The van der Waals surface area contributed by atoms with Crippen molar-refractivity contribution in [3.63, 3.8) is 0 Å². The van der Waals surface area contributed by atoms with E-state index in [4.69, 9.17) is 4.74 Å². The van der Waals surface area contributed by atoms with Gasteiger partial charge in [0.25, 0.3) is 0 Å². The van der Waals surface area contributed by atoms with Crippen molar-refractivity contribution < 1.29 is 17.9 Å². The first-order valence-corrected chi connectivity index (χ1v) is 10.6. The van der Waals surface area contributed by atoms with E-state index in [1.165, 1.54) is 43.9 Å². The molecule has 8 nitrogen and oxygen atoms in total. The van der Waals surface area contributed by atoms with Crippen molar-refractivity contribution in [1.29, 1.82) is 0 Å². The maximum absolute atomic E-state index is 12.8. The topological polar surface area (TPSA) is 104 Å². The van der Waals surface area contributed by atoms with Gasteiger partial charge >= 0.3 is 0 Å². The van der Waals surface area contributed by atoms with Crippen molar-refractivity contribution in [1.82, 2.24) is 19.4 Å². The summed E-state index contributed by atoms with van der Waals surface area (Å²) in [4.78, 5) is 24.8. The SMILES string of the molecule is COc1cncc(S(=O)(=O)c2ccc(CCC(=O)c3cnc4nccn4c3)cc2)c1. The lowest BCUT2D eigenvalue weighted by Crippen LogP contribution is -2.05. The fourth-order valence-electron chi connectivity index (χ4n) is 2.99. The minimum atomic E-state index is -3.70. The lowest BCUT2D eigenvalue weighted by atomic mass is 10.0. The number of methoxy groups -OCH3 is 1. The van der Waals surface area contributed by atoms with Gasteiger partial charge in [0.15, 0.2) is 5.78 Å². The second-order valence-electron chi connectivity index (χ2n) is 6.61. The number of Topliss-reactive ketones (excluding diaryl/α,β-unsaturated/α-hetero) is 1. The minimum absolute atomic E-state index is 0.0442. The number of benzene rings is 1. The maximum Gasteiger partial charge on any atom is 0.233 e. The fourth-order valence-corrected chi connectivity index (χ4v) is 4.23. The van der Waals surface area contributed by atoms with Crippen LogP contribution in [-0.4, -0.2) is 40.7 Å². The Labute approximate surface area is 173 Å². The van der Waals surface area contributed by atoms with Crippen LogP contribution >= 0.6 is 0 Å². The second kappa shape index (κ2) is 8.03. The molecular formula is C21H18N4O4S. The zero-order chi connectivity index (χ0) is 21.1. The average molecular weight is 422 g/mol. The summed E-state index contributed by atoms with van der Waals surface area (Å²) in [6, 6.07) is 7.93. The Hall–Kier alpha value is -3.59. The van der Waals surface area contributed by atoms with E-state index in [1.807, 2.05) is 0 Å². The summed E-state index contributed by atoms with van der Waals surface area (Å²) in [6.07, 6.45) is 10.1. The van der Waals surface area contributed by atoms with E-state index in [0.717, 1.165) is 5.56 Å². The number of hydrogen-bond acceptors (Lipinski definition) is 7. The molecule has 0 saturated carbocycles. The molecule has 0 atom stereocenters. The number of carbonyl (C=O) groups is 1. The summed E-state index contributed by atoms with van der Waals surface area (Å²) >= 11 is 0. The van der Waals surface area contributed by atoms with Crippen molar-refractivity contribution in [3.05, 3.63) is 78.6 Å². The van der Waals surface area contributed by atoms with Crippen molar-refractivity contribution in [3.8, 4) is 5.75 Å². The zero-order valence-corrected chi connectivity index (χ0v) is 16.9. The number of aryl methyl sites for hydroxylation is 1. The van der Waals surface area contributed by atoms with Gasteiger partial charge in [-0.25, -0.2) is 18.4 Å². The molecule has 0 radical (unpaired) electrons. The van der Waals surface area contributed by atoms with Crippen LogP contribution in [0.5, 0.6) is 5.75 Å². The summed E-state index contributed by atoms with van der Waals surface area (Å²) in [7, 11) is -2.25. The predicted molar refractivity (Wildman–Crippen MR) is 108 cm³/mol. The molecule has 4 aromatic rings. The Balaban J connectivity index is 1.46. The Morgan fingerprint density at radius 3 is 2.63 bits per heavy atom. The number of carbonyl (C=O) groups excluding carboxylic acids is 1. The third kappa shape index (κ3) is 3.92. The predicted octanol–water partition coefficient (Wildman–Crippen LogP) is 2.78. The number of sulfone groups is 1. The molecule has 0 amide bonds. The van der Waals surface area contributed by atoms with E-state index in [9.17, 15) is 13.2 Å². The molecule has 4 rings (SSSR count). The van der Waals surface area contributed by atoms with Gasteiger partial charge in [-0.3, -0.25) is 14.2 Å². The number of imidazole rings is 1. The molecule has 0 bridgehead atoms. The summed E-state index contributed by atoms with van der Waals surface area (Å²) in [6.45, 7) is 0. The molecule has 0 aliphatic heterocycles. The van der Waals surface area contributed by atoms with Crippen LogP contribution in [0.2, 0.25) is 0 Å². The number of ketones is 1. The van der Waals surface area contributed by atoms with Crippen LogP contribution in [0.4, 0.5) is 0 Å². The first kappa shape index (κ1) is 19.7. The summed E-state index contributed by atoms with van der Waals surface area (Å²) in [5.74, 6) is 0.862. The lowest BCUT2D eigenvalue weighted by Gasteiger charge is -2.07. The number of pyridine rings is 1. The third-order valence-electron chi connectivity index (χ3n) is 4.68. The second-order valence-corrected chi connectivity index (χ2v) is 8.56. The van der Waals surface area contributed by atoms with E-state index >= 15 is 0 Å². The molecule has 9 heteroatoms. The van der Waals surface area contributed by atoms with Crippen molar-refractivity contribution in [2.45, 2.75) is 22.6 Å². The van der Waals surface area contributed by atoms with Gasteiger partial charge in [-0.1, -0.05) is 12.1 Å². The minimum Gasteiger partial charge on any atom is -0.495 e. The maximum atomic E-state index is 12.8. The standard InChI is InChI=1S/C21H18N4O4S/c1-29-17-10-19(13-22-12-17)30(27,28)18-5-2-15(3-6-18)4-7-20(26)16-11-24-21-23-8-9-25(21)14-16/h2-3,5-6,8-14H,4,7H2,1H3. The first-order chi connectivity index (χ1) is 14.5. The molecule has 3 heterocycles. The first-order valence-electron chi connectivity index (χ1n) is 9.12. The number of rotatable bonds is 7. The molecule has 0 aliphatic carbocycles. The van der Waals surface area contributed by atoms with Crippen LogP contribution in [0.15, 0.2) is 77.3 Å². The molecule has 0 N–H and O–H groups in total. The lowest BCUT2D eigenvalue weighted by molar-refractivity contribution is 0.0982. The number of hydrogen-bond donors (Lipinski definition) is 0. The van der Waals surface area contributed by atoms with Gasteiger partial charge in [-0.2, -0.15) is 0 Å². The molecule has 0 saturated heterocycles. The van der Waals surface area contributed by atoms with Gasteiger partial charge in [0.05, 0.1) is 28.7 Å². The van der Waals surface area contributed by atoms with E-state index in [1.54, 1.807) is 35.1 Å². The summed E-state index contributed by atoms with van der Waals surface area (Å²) < 4.78 is 32.3. The largest absolute Gasteiger partial charge is 0.495 e. The molecular weight excluding hydrogens is 404 g/mol. The molecule has 30 heavy (non-hydrogen) atoms. The van der Waals surface area contributed by atoms with E-state index in [2.05, 4.69) is 15.0 Å². The van der Waals surface area contributed by atoms with Crippen molar-refractivity contribution in [2.75, 3.05) is 7.11 Å². The molecule has 0 spiro atoms. The van der Waals surface area contributed by atoms with Gasteiger partial charge in [-0.05, 0) is 24.1 Å². The smallest absolute Gasteiger partial charge is 0.233 e. The van der Waals surface area contributed by atoms with Crippen molar-refractivity contribution in [2.24, 2.45) is 0 Å². The average Bonchev–Trinajstić information content (AvgIpc) is 3.25.